The standard InChI is InChI=1S/C17H16N2O4S/c1-24(22)15-7-5-12(6-8-15)16(20)18-13-3-2-4-14(11-13)19-9-10-23-17(19)21/h2-8,11H,9-10H2,1H3,(H,18,20)/t24-/m1/s1. The second-order valence-corrected chi connectivity index (χ2v) is 6.63. The quantitative estimate of drug-likeness (QED) is 0.925. The fourth-order valence-electron chi connectivity index (χ4n) is 2.38. The van der Waals surface area contributed by atoms with Gasteiger partial charge in [-0.05, 0) is 42.5 Å². The molecule has 1 aliphatic heterocycles. The summed E-state index contributed by atoms with van der Waals surface area (Å²) in [5.41, 5.74) is 1.72. The van der Waals surface area contributed by atoms with Gasteiger partial charge in [0.2, 0.25) is 0 Å². The molecular weight excluding hydrogens is 328 g/mol. The van der Waals surface area contributed by atoms with Gasteiger partial charge in [0.25, 0.3) is 5.91 Å². The summed E-state index contributed by atoms with van der Waals surface area (Å²) in [5, 5.41) is 2.79. The summed E-state index contributed by atoms with van der Waals surface area (Å²) in [4.78, 5) is 26.1. The average Bonchev–Trinajstić information content (AvgIpc) is 3.01. The van der Waals surface area contributed by atoms with Crippen LogP contribution in [0.2, 0.25) is 0 Å². The number of ether oxygens (including phenoxy) is 1. The Hall–Kier alpha value is -2.67. The molecule has 2 aromatic carbocycles. The number of benzene rings is 2. The van der Waals surface area contributed by atoms with E-state index in [1.807, 2.05) is 0 Å². The molecule has 0 spiro atoms. The van der Waals surface area contributed by atoms with Crippen molar-refractivity contribution in [2.45, 2.75) is 4.90 Å². The molecule has 1 aliphatic rings. The van der Waals surface area contributed by atoms with E-state index in [0.717, 1.165) is 0 Å². The van der Waals surface area contributed by atoms with Gasteiger partial charge in [-0.3, -0.25) is 13.9 Å². The van der Waals surface area contributed by atoms with Crippen molar-refractivity contribution in [3.63, 3.8) is 0 Å². The number of anilines is 2. The van der Waals surface area contributed by atoms with Gasteiger partial charge in [-0.2, -0.15) is 0 Å². The lowest BCUT2D eigenvalue weighted by Gasteiger charge is -2.14. The lowest BCUT2D eigenvalue weighted by Crippen LogP contribution is -2.23. The van der Waals surface area contributed by atoms with E-state index in [9.17, 15) is 13.8 Å². The van der Waals surface area contributed by atoms with Gasteiger partial charge in [0, 0.05) is 38.9 Å². The summed E-state index contributed by atoms with van der Waals surface area (Å²) in [6, 6.07) is 13.6. The molecule has 1 atom stereocenters. The molecule has 0 aliphatic carbocycles. The molecule has 1 N–H and O–H groups in total. The van der Waals surface area contributed by atoms with Crippen LogP contribution >= 0.6 is 0 Å². The van der Waals surface area contributed by atoms with Gasteiger partial charge in [-0.15, -0.1) is 0 Å². The van der Waals surface area contributed by atoms with Gasteiger partial charge in [0.15, 0.2) is 0 Å². The van der Waals surface area contributed by atoms with Crippen LogP contribution in [0.4, 0.5) is 16.2 Å². The molecular formula is C17H16N2O4S. The topological polar surface area (TPSA) is 75.7 Å². The first kappa shape index (κ1) is 16.2. The molecule has 24 heavy (non-hydrogen) atoms. The van der Waals surface area contributed by atoms with Crippen LogP contribution in [0.5, 0.6) is 0 Å². The molecule has 1 fully saturated rings. The molecule has 0 saturated carbocycles. The summed E-state index contributed by atoms with van der Waals surface area (Å²) in [6.07, 6.45) is 1.20. The van der Waals surface area contributed by atoms with Crippen molar-refractivity contribution in [3.05, 3.63) is 54.1 Å². The molecule has 1 saturated heterocycles. The van der Waals surface area contributed by atoms with Crippen molar-refractivity contribution in [1.82, 2.24) is 0 Å². The first-order valence-electron chi connectivity index (χ1n) is 7.34. The highest BCUT2D eigenvalue weighted by Crippen LogP contribution is 2.23. The van der Waals surface area contributed by atoms with Crippen molar-refractivity contribution < 1.29 is 18.5 Å². The highest BCUT2D eigenvalue weighted by molar-refractivity contribution is 7.84. The normalized spacial score (nSPS) is 15.0. The van der Waals surface area contributed by atoms with E-state index in [-0.39, 0.29) is 12.0 Å². The highest BCUT2D eigenvalue weighted by atomic mass is 32.2. The Morgan fingerprint density at radius 3 is 2.58 bits per heavy atom. The van der Waals surface area contributed by atoms with E-state index in [1.165, 1.54) is 4.90 Å². The molecule has 7 heteroatoms. The summed E-state index contributed by atoms with van der Waals surface area (Å²) in [7, 11) is -1.08. The smallest absolute Gasteiger partial charge is 0.414 e. The fraction of sp³-hybridized carbons (Fsp3) is 0.176. The molecule has 0 bridgehead atoms. The fourth-order valence-corrected chi connectivity index (χ4v) is 2.90. The summed E-state index contributed by atoms with van der Waals surface area (Å²) in [5.74, 6) is -0.274. The van der Waals surface area contributed by atoms with Gasteiger partial charge >= 0.3 is 6.09 Å². The minimum Gasteiger partial charge on any atom is -0.447 e. The van der Waals surface area contributed by atoms with E-state index in [0.29, 0.717) is 35.0 Å². The van der Waals surface area contributed by atoms with Crippen LogP contribution in [-0.2, 0) is 15.5 Å². The molecule has 2 aromatic rings. The third-order valence-corrected chi connectivity index (χ3v) is 4.56. The zero-order valence-electron chi connectivity index (χ0n) is 13.0. The molecule has 0 unspecified atom stereocenters. The van der Waals surface area contributed by atoms with Crippen LogP contribution in [-0.4, -0.2) is 35.6 Å². The Morgan fingerprint density at radius 2 is 1.96 bits per heavy atom. The lowest BCUT2D eigenvalue weighted by atomic mass is 10.2. The van der Waals surface area contributed by atoms with E-state index in [1.54, 1.807) is 54.8 Å². The second-order valence-electron chi connectivity index (χ2n) is 5.25. The summed E-state index contributed by atoms with van der Waals surface area (Å²) >= 11 is 0. The van der Waals surface area contributed by atoms with Crippen molar-refractivity contribution in [2.24, 2.45) is 0 Å². The number of carbonyl (C=O) groups is 2. The van der Waals surface area contributed by atoms with Crippen molar-refractivity contribution in [1.29, 1.82) is 0 Å². The molecule has 0 aromatic heterocycles. The van der Waals surface area contributed by atoms with Crippen LogP contribution in [0.15, 0.2) is 53.4 Å². The van der Waals surface area contributed by atoms with E-state index in [4.69, 9.17) is 4.74 Å². The number of amides is 2. The maximum atomic E-state index is 12.3. The van der Waals surface area contributed by atoms with Crippen LogP contribution in [0, 0.1) is 0 Å². The highest BCUT2D eigenvalue weighted by Gasteiger charge is 2.23. The number of hydrogen-bond acceptors (Lipinski definition) is 4. The second kappa shape index (κ2) is 6.84. The van der Waals surface area contributed by atoms with Crippen LogP contribution in [0.1, 0.15) is 10.4 Å². The number of cyclic esters (lactones) is 1. The number of nitrogens with zero attached hydrogens (tertiary/aromatic N) is 1. The SMILES string of the molecule is C[S@@](=O)c1ccc(C(=O)Nc2cccc(N3CCOC3=O)c2)cc1. The number of carbonyl (C=O) groups excluding carboxylic acids is 2. The van der Waals surface area contributed by atoms with Crippen molar-refractivity contribution >= 4 is 34.2 Å². The summed E-state index contributed by atoms with van der Waals surface area (Å²) in [6.45, 7) is 0.854. The van der Waals surface area contributed by atoms with E-state index in [2.05, 4.69) is 5.32 Å². The maximum absolute atomic E-state index is 12.3. The first-order chi connectivity index (χ1) is 11.5. The number of rotatable bonds is 4. The molecule has 2 amide bonds. The van der Waals surface area contributed by atoms with Gasteiger partial charge in [0.05, 0.1) is 6.54 Å². The Balaban J connectivity index is 1.74. The molecule has 6 nitrogen and oxygen atoms in total. The van der Waals surface area contributed by atoms with Gasteiger partial charge in [-0.1, -0.05) is 6.07 Å². The predicted molar refractivity (Wildman–Crippen MR) is 91.9 cm³/mol. The van der Waals surface area contributed by atoms with Gasteiger partial charge in [-0.25, -0.2) is 4.79 Å². The molecule has 3 rings (SSSR count). The summed E-state index contributed by atoms with van der Waals surface area (Å²) < 4.78 is 16.3. The minimum absolute atomic E-state index is 0.274. The number of nitrogens with one attached hydrogen (secondary N) is 1. The zero-order valence-corrected chi connectivity index (χ0v) is 13.8. The monoisotopic (exact) mass is 344 g/mol. The molecule has 1 heterocycles. The van der Waals surface area contributed by atoms with Gasteiger partial charge < -0.3 is 10.1 Å². The average molecular weight is 344 g/mol. The van der Waals surface area contributed by atoms with Gasteiger partial charge in [0.1, 0.15) is 6.61 Å². The molecule has 0 radical (unpaired) electrons. The number of hydrogen-bond donors (Lipinski definition) is 1. The van der Waals surface area contributed by atoms with Crippen LogP contribution in [0.25, 0.3) is 0 Å². The Labute approximate surface area is 141 Å². The largest absolute Gasteiger partial charge is 0.447 e. The van der Waals surface area contributed by atoms with Crippen LogP contribution < -0.4 is 10.2 Å². The maximum Gasteiger partial charge on any atom is 0.414 e. The Morgan fingerprint density at radius 1 is 1.21 bits per heavy atom. The van der Waals surface area contributed by atoms with E-state index < -0.39 is 10.8 Å². The third kappa shape index (κ3) is 3.46. The van der Waals surface area contributed by atoms with E-state index >= 15 is 0 Å². The Kier molecular flexibility index (Phi) is 4.61. The Bertz CT molecular complexity index is 804. The van der Waals surface area contributed by atoms with Crippen LogP contribution in [0.3, 0.4) is 0 Å². The third-order valence-electron chi connectivity index (χ3n) is 3.62. The molecule has 124 valence electrons. The zero-order chi connectivity index (χ0) is 17.1. The lowest BCUT2D eigenvalue weighted by molar-refractivity contribution is 0.102. The van der Waals surface area contributed by atoms with Crippen molar-refractivity contribution in [3.8, 4) is 0 Å². The predicted octanol–water partition coefficient (Wildman–Crippen LogP) is 2.63. The minimum atomic E-state index is -1.08. The van der Waals surface area contributed by atoms with Crippen molar-refractivity contribution in [2.75, 3.05) is 29.6 Å². The first-order valence-corrected chi connectivity index (χ1v) is 8.89.